The van der Waals surface area contributed by atoms with Crippen LogP contribution in [-0.4, -0.2) is 48.7 Å². The van der Waals surface area contributed by atoms with Crippen LogP contribution in [0.1, 0.15) is 18.4 Å². The maximum absolute atomic E-state index is 12.5. The number of nitrogens with zero attached hydrogens (tertiary/aromatic N) is 2. The van der Waals surface area contributed by atoms with Crippen LogP contribution >= 0.6 is 0 Å². The van der Waals surface area contributed by atoms with E-state index in [0.717, 1.165) is 50.5 Å². The molecule has 148 valence electrons. The van der Waals surface area contributed by atoms with Gasteiger partial charge in [0.15, 0.2) is 0 Å². The number of hydrogen-bond donors (Lipinski definition) is 1. The van der Waals surface area contributed by atoms with E-state index in [2.05, 4.69) is 23.6 Å². The largest absolute Gasteiger partial charge is 0.508 e. The van der Waals surface area contributed by atoms with E-state index in [4.69, 9.17) is 4.74 Å². The summed E-state index contributed by atoms with van der Waals surface area (Å²) in [5.74, 6) is 1.35. The fraction of sp³-hybridized carbons (Fsp3) is 0.348. The van der Waals surface area contributed by atoms with Gasteiger partial charge in [-0.3, -0.25) is 4.79 Å². The first-order chi connectivity index (χ1) is 13.7. The molecule has 0 aliphatic carbocycles. The Bertz CT molecular complexity index is 763. The van der Waals surface area contributed by atoms with Gasteiger partial charge >= 0.3 is 0 Å². The van der Waals surface area contributed by atoms with Crippen LogP contribution in [0.3, 0.4) is 0 Å². The number of ether oxygens (including phenoxy) is 1. The number of anilines is 1. The molecule has 28 heavy (non-hydrogen) atoms. The number of aryl methyl sites for hydroxylation is 1. The van der Waals surface area contributed by atoms with Gasteiger partial charge in [0.1, 0.15) is 18.1 Å². The molecule has 2 aromatic rings. The van der Waals surface area contributed by atoms with E-state index in [1.165, 1.54) is 5.56 Å². The highest BCUT2D eigenvalue weighted by molar-refractivity contribution is 5.76. The van der Waals surface area contributed by atoms with Gasteiger partial charge in [-0.25, -0.2) is 0 Å². The predicted octanol–water partition coefficient (Wildman–Crippen LogP) is 3.63. The number of amides is 1. The number of phenols is 1. The molecule has 5 nitrogen and oxygen atoms in total. The number of hydrogen-bond acceptors (Lipinski definition) is 4. The molecule has 0 aromatic heterocycles. The zero-order valence-corrected chi connectivity index (χ0v) is 16.2. The molecule has 1 saturated heterocycles. The van der Waals surface area contributed by atoms with E-state index in [-0.39, 0.29) is 11.7 Å². The zero-order chi connectivity index (χ0) is 19.8. The average molecular weight is 380 g/mol. The normalized spacial score (nSPS) is 14.0. The third-order valence-electron chi connectivity index (χ3n) is 4.99. The van der Waals surface area contributed by atoms with E-state index >= 15 is 0 Å². The molecule has 1 fully saturated rings. The van der Waals surface area contributed by atoms with Crippen molar-refractivity contribution in [3.8, 4) is 11.5 Å². The van der Waals surface area contributed by atoms with Crippen LogP contribution in [0.4, 0.5) is 5.69 Å². The van der Waals surface area contributed by atoms with Crippen molar-refractivity contribution >= 4 is 11.6 Å². The molecule has 1 aliphatic heterocycles. The molecule has 0 radical (unpaired) electrons. The molecule has 0 unspecified atom stereocenters. The van der Waals surface area contributed by atoms with Crippen LogP contribution in [-0.2, 0) is 11.2 Å². The van der Waals surface area contributed by atoms with Crippen molar-refractivity contribution in [2.75, 3.05) is 37.7 Å². The zero-order valence-electron chi connectivity index (χ0n) is 16.2. The maximum atomic E-state index is 12.5. The van der Waals surface area contributed by atoms with Gasteiger partial charge in [0.05, 0.1) is 0 Å². The number of phenolic OH excluding ortho intramolecular Hbond substituents is 1. The number of carbonyl (C=O) groups is 1. The topological polar surface area (TPSA) is 53.0 Å². The lowest BCUT2D eigenvalue weighted by atomic mass is 10.1. The van der Waals surface area contributed by atoms with Gasteiger partial charge in [0, 0.05) is 38.3 Å². The number of piperazine rings is 1. The van der Waals surface area contributed by atoms with Crippen LogP contribution in [0, 0.1) is 0 Å². The second-order valence-corrected chi connectivity index (χ2v) is 6.98. The minimum atomic E-state index is 0.233. The van der Waals surface area contributed by atoms with Crippen LogP contribution < -0.4 is 9.64 Å². The molecule has 2 aromatic carbocycles. The molecule has 0 saturated carbocycles. The molecule has 1 amide bonds. The van der Waals surface area contributed by atoms with E-state index in [1.807, 2.05) is 29.2 Å². The molecular weight excluding hydrogens is 352 g/mol. The number of aromatic hydroxyl groups is 1. The summed E-state index contributed by atoms with van der Waals surface area (Å²) in [7, 11) is 0. The van der Waals surface area contributed by atoms with Crippen LogP contribution in [0.5, 0.6) is 11.5 Å². The SMILES string of the molecule is C=CCOc1ccc(CCCC(=O)N2CCN(c3ccc(O)cc3)CC2)cc1. The fourth-order valence-corrected chi connectivity index (χ4v) is 3.39. The van der Waals surface area contributed by atoms with E-state index in [9.17, 15) is 9.90 Å². The van der Waals surface area contributed by atoms with Crippen molar-refractivity contribution in [3.63, 3.8) is 0 Å². The van der Waals surface area contributed by atoms with E-state index < -0.39 is 0 Å². The quantitative estimate of drug-likeness (QED) is 0.711. The Hall–Kier alpha value is -2.95. The second kappa shape index (κ2) is 9.83. The summed E-state index contributed by atoms with van der Waals surface area (Å²) in [5.41, 5.74) is 2.31. The monoisotopic (exact) mass is 380 g/mol. The molecular formula is C23H28N2O3. The van der Waals surface area contributed by atoms with Crippen LogP contribution in [0.2, 0.25) is 0 Å². The van der Waals surface area contributed by atoms with Crippen molar-refractivity contribution in [2.24, 2.45) is 0 Å². The van der Waals surface area contributed by atoms with Crippen LogP contribution in [0.25, 0.3) is 0 Å². The van der Waals surface area contributed by atoms with Crippen LogP contribution in [0.15, 0.2) is 61.2 Å². The Kier molecular flexibility index (Phi) is 6.95. The van der Waals surface area contributed by atoms with Gasteiger partial charge in [-0.15, -0.1) is 0 Å². The highest BCUT2D eigenvalue weighted by Crippen LogP contribution is 2.20. The molecule has 0 atom stereocenters. The molecule has 0 spiro atoms. The fourth-order valence-electron chi connectivity index (χ4n) is 3.39. The smallest absolute Gasteiger partial charge is 0.222 e. The number of benzene rings is 2. The predicted molar refractivity (Wildman–Crippen MR) is 112 cm³/mol. The lowest BCUT2D eigenvalue weighted by Crippen LogP contribution is -2.48. The molecule has 1 aliphatic rings. The van der Waals surface area contributed by atoms with Crippen molar-refractivity contribution in [3.05, 3.63) is 66.7 Å². The van der Waals surface area contributed by atoms with Crippen molar-refractivity contribution in [2.45, 2.75) is 19.3 Å². The van der Waals surface area contributed by atoms with Gasteiger partial charge in [-0.2, -0.15) is 0 Å². The summed E-state index contributed by atoms with van der Waals surface area (Å²) < 4.78 is 5.48. The minimum absolute atomic E-state index is 0.233. The molecule has 1 heterocycles. The average Bonchev–Trinajstić information content (AvgIpc) is 2.74. The maximum Gasteiger partial charge on any atom is 0.222 e. The first-order valence-corrected chi connectivity index (χ1v) is 9.80. The molecule has 3 rings (SSSR count). The minimum Gasteiger partial charge on any atom is -0.508 e. The second-order valence-electron chi connectivity index (χ2n) is 6.98. The van der Waals surface area contributed by atoms with Gasteiger partial charge in [-0.1, -0.05) is 24.8 Å². The number of rotatable bonds is 8. The van der Waals surface area contributed by atoms with Gasteiger partial charge < -0.3 is 19.6 Å². The van der Waals surface area contributed by atoms with Crippen molar-refractivity contribution in [1.29, 1.82) is 0 Å². The van der Waals surface area contributed by atoms with Crippen molar-refractivity contribution < 1.29 is 14.6 Å². The molecule has 0 bridgehead atoms. The first-order valence-electron chi connectivity index (χ1n) is 9.80. The lowest BCUT2D eigenvalue weighted by Gasteiger charge is -2.36. The van der Waals surface area contributed by atoms with Gasteiger partial charge in [-0.05, 0) is 54.8 Å². The van der Waals surface area contributed by atoms with E-state index in [1.54, 1.807) is 18.2 Å². The Morgan fingerprint density at radius 1 is 1.04 bits per heavy atom. The number of carbonyl (C=O) groups excluding carboxylic acids is 1. The summed E-state index contributed by atoms with van der Waals surface area (Å²) in [5, 5.41) is 9.40. The van der Waals surface area contributed by atoms with Gasteiger partial charge in [0.2, 0.25) is 5.91 Å². The summed E-state index contributed by atoms with van der Waals surface area (Å²) in [4.78, 5) is 16.7. The Morgan fingerprint density at radius 2 is 1.71 bits per heavy atom. The van der Waals surface area contributed by atoms with E-state index in [0.29, 0.717) is 13.0 Å². The summed E-state index contributed by atoms with van der Waals surface area (Å²) in [6.45, 7) is 7.28. The highest BCUT2D eigenvalue weighted by atomic mass is 16.5. The molecule has 1 N–H and O–H groups in total. The summed E-state index contributed by atoms with van der Waals surface area (Å²) >= 11 is 0. The van der Waals surface area contributed by atoms with Crippen molar-refractivity contribution in [1.82, 2.24) is 4.90 Å². The summed E-state index contributed by atoms with van der Waals surface area (Å²) in [6.07, 6.45) is 4.04. The lowest BCUT2D eigenvalue weighted by molar-refractivity contribution is -0.131. The molecule has 5 heteroatoms. The third-order valence-corrected chi connectivity index (χ3v) is 4.99. The standard InChI is InChI=1S/C23H28N2O3/c1-2-18-28-22-12-6-19(7-13-22)4-3-5-23(27)25-16-14-24(15-17-25)20-8-10-21(26)11-9-20/h2,6-13,26H,1,3-5,14-18H2. The Morgan fingerprint density at radius 3 is 2.36 bits per heavy atom. The third kappa shape index (κ3) is 5.52. The summed E-state index contributed by atoms with van der Waals surface area (Å²) in [6, 6.07) is 15.3. The first kappa shape index (κ1) is 19.8. The van der Waals surface area contributed by atoms with Gasteiger partial charge in [0.25, 0.3) is 0 Å². The highest BCUT2D eigenvalue weighted by Gasteiger charge is 2.20. The Balaban J connectivity index is 1.38. The Labute approximate surface area is 166 Å².